The number of nitrogens with one attached hydrogen (secondary N) is 1. The molecule has 7 nitrogen and oxygen atoms in total. The maximum atomic E-state index is 12.8. The SMILES string of the molecule is Cn1cc(-c2cc(C(=O)Nc3ccc(OC(F)(F)Cl)cc3)cnc2-c2cccnc2)cn1. The monoisotopic (exact) mass is 455 g/mol. The third kappa shape index (κ3) is 5.06. The molecule has 3 heterocycles. The van der Waals surface area contributed by atoms with Crippen molar-refractivity contribution >= 4 is 23.2 Å². The van der Waals surface area contributed by atoms with Gasteiger partial charge < -0.3 is 10.1 Å². The summed E-state index contributed by atoms with van der Waals surface area (Å²) in [7, 11) is 1.80. The molecule has 32 heavy (non-hydrogen) atoms. The van der Waals surface area contributed by atoms with Gasteiger partial charge in [-0.15, -0.1) is 8.78 Å². The van der Waals surface area contributed by atoms with Crippen LogP contribution < -0.4 is 10.1 Å². The lowest BCUT2D eigenvalue weighted by Gasteiger charge is -2.12. The Balaban J connectivity index is 1.62. The van der Waals surface area contributed by atoms with Crippen LogP contribution in [0.1, 0.15) is 10.4 Å². The number of benzene rings is 1. The first-order valence-electron chi connectivity index (χ1n) is 9.35. The van der Waals surface area contributed by atoms with E-state index in [1.807, 2.05) is 12.3 Å². The highest BCUT2D eigenvalue weighted by Gasteiger charge is 2.27. The average Bonchev–Trinajstić information content (AvgIpc) is 3.20. The minimum atomic E-state index is -3.81. The first-order chi connectivity index (χ1) is 15.3. The fourth-order valence-corrected chi connectivity index (χ4v) is 3.13. The van der Waals surface area contributed by atoms with E-state index < -0.39 is 11.5 Å². The Morgan fingerprint density at radius 3 is 2.53 bits per heavy atom. The Bertz CT molecular complexity index is 1240. The number of amides is 1. The van der Waals surface area contributed by atoms with Gasteiger partial charge in [0.25, 0.3) is 5.91 Å². The molecule has 0 saturated carbocycles. The first kappa shape index (κ1) is 21.4. The zero-order valence-corrected chi connectivity index (χ0v) is 17.4. The fourth-order valence-electron chi connectivity index (χ4n) is 3.05. The second kappa shape index (κ2) is 8.72. The van der Waals surface area contributed by atoms with Gasteiger partial charge in [0.15, 0.2) is 0 Å². The molecule has 1 amide bonds. The van der Waals surface area contributed by atoms with E-state index in [9.17, 15) is 13.6 Å². The van der Waals surface area contributed by atoms with Gasteiger partial charge in [0.1, 0.15) is 5.75 Å². The highest BCUT2D eigenvalue weighted by Crippen LogP contribution is 2.31. The third-order valence-electron chi connectivity index (χ3n) is 4.45. The zero-order valence-electron chi connectivity index (χ0n) is 16.7. The summed E-state index contributed by atoms with van der Waals surface area (Å²) in [5.74, 6) is -0.555. The summed E-state index contributed by atoms with van der Waals surface area (Å²) in [5, 5.41) is 6.90. The number of pyridine rings is 2. The van der Waals surface area contributed by atoms with E-state index in [0.717, 1.165) is 11.1 Å². The smallest absolute Gasteiger partial charge is 0.420 e. The Labute approximate surface area is 186 Å². The highest BCUT2D eigenvalue weighted by molar-refractivity contribution is 6.20. The summed E-state index contributed by atoms with van der Waals surface area (Å²) in [5.41, 5.74) is -0.154. The van der Waals surface area contributed by atoms with Gasteiger partial charge in [-0.2, -0.15) is 5.10 Å². The molecule has 0 aliphatic heterocycles. The minimum absolute atomic E-state index is 0.135. The van der Waals surface area contributed by atoms with Gasteiger partial charge in [0, 0.05) is 65.8 Å². The molecule has 0 aliphatic carbocycles. The standard InChI is InChI=1S/C22H16ClF2N5O2/c1-30-13-16(12-28-30)19-9-15(11-27-20(19)14-3-2-8-26-10-14)21(31)29-17-4-6-18(7-5-17)32-22(23,24)25/h2-13H,1H3,(H,29,31). The summed E-state index contributed by atoms with van der Waals surface area (Å²) in [6.07, 6.45) is 8.33. The van der Waals surface area contributed by atoms with Crippen molar-refractivity contribution in [1.29, 1.82) is 0 Å². The van der Waals surface area contributed by atoms with Crippen molar-refractivity contribution < 1.29 is 18.3 Å². The van der Waals surface area contributed by atoms with Crippen LogP contribution >= 0.6 is 11.6 Å². The molecule has 0 unspecified atom stereocenters. The second-order valence-corrected chi connectivity index (χ2v) is 7.23. The average molecular weight is 456 g/mol. The van der Waals surface area contributed by atoms with Crippen LogP contribution in [-0.2, 0) is 7.05 Å². The predicted octanol–water partition coefficient (Wildman–Crippen LogP) is 4.96. The van der Waals surface area contributed by atoms with E-state index in [1.165, 1.54) is 30.5 Å². The molecular weight excluding hydrogens is 440 g/mol. The molecule has 0 radical (unpaired) electrons. The van der Waals surface area contributed by atoms with Gasteiger partial charge in [-0.05, 0) is 42.5 Å². The van der Waals surface area contributed by atoms with Crippen molar-refractivity contribution in [2.75, 3.05) is 5.32 Å². The van der Waals surface area contributed by atoms with Gasteiger partial charge in [0.2, 0.25) is 0 Å². The first-order valence-corrected chi connectivity index (χ1v) is 9.73. The van der Waals surface area contributed by atoms with Gasteiger partial charge in [0.05, 0.1) is 17.5 Å². The van der Waals surface area contributed by atoms with Gasteiger partial charge in [-0.3, -0.25) is 19.4 Å². The summed E-state index contributed by atoms with van der Waals surface area (Å²) < 4.78 is 31.4. The molecule has 0 fully saturated rings. The number of hydrogen-bond acceptors (Lipinski definition) is 5. The number of aryl methyl sites for hydroxylation is 1. The van der Waals surface area contributed by atoms with Crippen molar-refractivity contribution in [2.24, 2.45) is 7.05 Å². The predicted molar refractivity (Wildman–Crippen MR) is 115 cm³/mol. The largest absolute Gasteiger partial charge is 0.487 e. The summed E-state index contributed by atoms with van der Waals surface area (Å²) in [6, 6.07) is 10.8. The number of ether oxygens (including phenoxy) is 1. The molecule has 4 aromatic rings. The quantitative estimate of drug-likeness (QED) is 0.415. The molecule has 0 saturated heterocycles. The van der Waals surface area contributed by atoms with Crippen molar-refractivity contribution in [3.8, 4) is 28.1 Å². The number of anilines is 1. The maximum Gasteiger partial charge on any atom is 0.487 e. The highest BCUT2D eigenvalue weighted by atomic mass is 35.5. The molecule has 0 spiro atoms. The van der Waals surface area contributed by atoms with E-state index in [-0.39, 0.29) is 5.75 Å². The number of nitrogens with zero attached hydrogens (tertiary/aromatic N) is 4. The normalized spacial score (nSPS) is 11.2. The minimum Gasteiger partial charge on any atom is -0.420 e. The van der Waals surface area contributed by atoms with Crippen LogP contribution in [0.5, 0.6) is 5.75 Å². The molecule has 1 N–H and O–H groups in total. The molecule has 1 aromatic carbocycles. The lowest BCUT2D eigenvalue weighted by molar-refractivity contribution is -0.0964. The maximum absolute atomic E-state index is 12.8. The van der Waals surface area contributed by atoms with Crippen molar-refractivity contribution in [1.82, 2.24) is 19.7 Å². The van der Waals surface area contributed by atoms with Gasteiger partial charge in [-0.1, -0.05) is 0 Å². The number of alkyl halides is 3. The van der Waals surface area contributed by atoms with Crippen LogP contribution in [0, 0.1) is 0 Å². The number of rotatable bonds is 6. The summed E-state index contributed by atoms with van der Waals surface area (Å²) >= 11 is 4.75. The van der Waals surface area contributed by atoms with Crippen LogP contribution in [0.2, 0.25) is 0 Å². The molecule has 3 aromatic heterocycles. The molecule has 0 bridgehead atoms. The fraction of sp³-hybridized carbons (Fsp3) is 0.0909. The van der Waals surface area contributed by atoms with Gasteiger partial charge >= 0.3 is 5.57 Å². The molecule has 4 rings (SSSR count). The van der Waals surface area contributed by atoms with E-state index in [1.54, 1.807) is 42.5 Å². The van der Waals surface area contributed by atoms with Crippen LogP contribution in [0.15, 0.2) is 73.4 Å². The number of carbonyl (C=O) groups is 1. The molecular formula is C22H16ClF2N5O2. The number of halogens is 3. The molecule has 10 heteroatoms. The van der Waals surface area contributed by atoms with E-state index in [0.29, 0.717) is 22.5 Å². The second-order valence-electron chi connectivity index (χ2n) is 6.79. The van der Waals surface area contributed by atoms with Crippen LogP contribution in [0.4, 0.5) is 14.5 Å². The Morgan fingerprint density at radius 1 is 1.12 bits per heavy atom. The van der Waals surface area contributed by atoms with Crippen molar-refractivity contribution in [3.63, 3.8) is 0 Å². The van der Waals surface area contributed by atoms with Crippen molar-refractivity contribution in [2.45, 2.75) is 5.57 Å². The van der Waals surface area contributed by atoms with E-state index in [4.69, 9.17) is 11.6 Å². The molecule has 0 aliphatic rings. The lowest BCUT2D eigenvalue weighted by Crippen LogP contribution is -2.16. The lowest BCUT2D eigenvalue weighted by atomic mass is 10.0. The number of aromatic nitrogens is 4. The van der Waals surface area contributed by atoms with E-state index >= 15 is 0 Å². The Morgan fingerprint density at radius 2 is 1.91 bits per heavy atom. The van der Waals surface area contributed by atoms with Crippen molar-refractivity contribution in [3.05, 3.63) is 79.0 Å². The molecule has 0 atom stereocenters. The summed E-state index contributed by atoms with van der Waals surface area (Å²) in [6.45, 7) is 0. The Kier molecular flexibility index (Phi) is 5.83. The summed E-state index contributed by atoms with van der Waals surface area (Å²) in [4.78, 5) is 21.4. The van der Waals surface area contributed by atoms with Crippen LogP contribution in [0.25, 0.3) is 22.4 Å². The number of carbonyl (C=O) groups excluding carboxylic acids is 1. The Hall–Kier alpha value is -3.85. The van der Waals surface area contributed by atoms with Crippen LogP contribution in [0.3, 0.4) is 0 Å². The third-order valence-corrected chi connectivity index (χ3v) is 4.52. The zero-order chi connectivity index (χ0) is 22.7. The van der Waals surface area contributed by atoms with Gasteiger partial charge in [-0.25, -0.2) is 0 Å². The van der Waals surface area contributed by atoms with E-state index in [2.05, 4.69) is 25.1 Å². The molecule has 162 valence electrons. The number of hydrogen-bond donors (Lipinski definition) is 1. The topological polar surface area (TPSA) is 81.9 Å². The van der Waals surface area contributed by atoms with Crippen LogP contribution in [-0.4, -0.2) is 31.2 Å².